The van der Waals surface area contributed by atoms with Gasteiger partial charge in [-0.25, -0.2) is 4.79 Å². The number of hydrogen-bond acceptors (Lipinski definition) is 9. The first-order valence-corrected chi connectivity index (χ1v) is 11.1. The summed E-state index contributed by atoms with van der Waals surface area (Å²) in [4.78, 5) is 23.5. The van der Waals surface area contributed by atoms with Crippen molar-refractivity contribution < 1.29 is 18.1 Å². The Morgan fingerprint density at radius 3 is 1.96 bits per heavy atom. The molecule has 0 bridgehead atoms. The fourth-order valence-electron chi connectivity index (χ4n) is 2.43. The molecular formula is C15H31N7O4Si. The van der Waals surface area contributed by atoms with E-state index in [0.29, 0.717) is 57.6 Å². The summed E-state index contributed by atoms with van der Waals surface area (Å²) >= 11 is 0. The first-order chi connectivity index (χ1) is 12.9. The second-order valence-corrected chi connectivity index (χ2v) is 8.22. The normalized spacial score (nSPS) is 11.4. The Balaban J connectivity index is 2.30. The van der Waals surface area contributed by atoms with Crippen LogP contribution in [-0.2, 0) is 19.7 Å². The highest BCUT2D eigenvalue weighted by molar-refractivity contribution is 6.60. The molecule has 154 valence electrons. The van der Waals surface area contributed by atoms with Crippen LogP contribution in [-0.4, -0.2) is 62.7 Å². The number of anilines is 2. The molecule has 0 aliphatic rings. The highest BCUT2D eigenvalue weighted by Gasteiger charge is 2.39. The predicted molar refractivity (Wildman–Crippen MR) is 104 cm³/mol. The Hall–Kier alpha value is -2.02. The number of nitrogens with zero attached hydrogens (tertiary/aromatic N) is 3. The molecule has 1 aromatic heterocycles. The maximum atomic E-state index is 11.9. The second-order valence-electron chi connectivity index (χ2n) is 5.49. The third-order valence-corrected chi connectivity index (χ3v) is 6.54. The number of nitrogen functional groups attached to an aromatic ring is 2. The summed E-state index contributed by atoms with van der Waals surface area (Å²) in [7, 11) is -2.67. The molecule has 2 amide bonds. The summed E-state index contributed by atoms with van der Waals surface area (Å²) in [5.41, 5.74) is 11.0. The molecule has 1 rings (SSSR count). The quantitative estimate of drug-likeness (QED) is 0.269. The van der Waals surface area contributed by atoms with Crippen LogP contribution in [0.3, 0.4) is 0 Å². The van der Waals surface area contributed by atoms with Gasteiger partial charge in [-0.2, -0.15) is 15.0 Å². The lowest BCUT2D eigenvalue weighted by molar-refractivity contribution is 0.0708. The highest BCUT2D eigenvalue weighted by Crippen LogP contribution is 2.17. The summed E-state index contributed by atoms with van der Waals surface area (Å²) in [6, 6.07) is 0.369. The number of hydrogen-bond donors (Lipinski definition) is 4. The van der Waals surface area contributed by atoms with E-state index < -0.39 is 8.80 Å². The van der Waals surface area contributed by atoms with Crippen LogP contribution in [0, 0.1) is 0 Å². The predicted octanol–water partition coefficient (Wildman–Crippen LogP) is 0.316. The van der Waals surface area contributed by atoms with Gasteiger partial charge in [0.05, 0.1) is 0 Å². The van der Waals surface area contributed by atoms with E-state index in [1.54, 1.807) is 0 Å². The third kappa shape index (κ3) is 8.95. The van der Waals surface area contributed by atoms with Crippen molar-refractivity contribution in [1.82, 2.24) is 25.6 Å². The molecule has 0 spiro atoms. The van der Waals surface area contributed by atoms with Crippen molar-refractivity contribution in [3.8, 4) is 0 Å². The van der Waals surface area contributed by atoms with Crippen LogP contribution in [0.5, 0.6) is 0 Å². The van der Waals surface area contributed by atoms with Crippen LogP contribution < -0.4 is 22.1 Å². The van der Waals surface area contributed by atoms with E-state index >= 15 is 0 Å². The molecule has 0 aromatic carbocycles. The molecule has 27 heavy (non-hydrogen) atoms. The molecule has 0 radical (unpaired) electrons. The molecule has 1 heterocycles. The fraction of sp³-hybridized carbons (Fsp3) is 0.733. The van der Waals surface area contributed by atoms with Gasteiger partial charge in [-0.05, 0) is 27.2 Å². The smallest absolute Gasteiger partial charge is 0.374 e. The molecule has 11 nitrogen and oxygen atoms in total. The Labute approximate surface area is 161 Å². The largest absolute Gasteiger partial charge is 0.500 e. The highest BCUT2D eigenvalue weighted by atomic mass is 28.4. The van der Waals surface area contributed by atoms with Gasteiger partial charge in [0.25, 0.3) is 0 Å². The Morgan fingerprint density at radius 1 is 0.926 bits per heavy atom. The molecule has 0 unspecified atom stereocenters. The average molecular weight is 402 g/mol. The van der Waals surface area contributed by atoms with Crippen LogP contribution in [0.25, 0.3) is 0 Å². The summed E-state index contributed by atoms with van der Waals surface area (Å²) in [6.45, 7) is 8.19. The van der Waals surface area contributed by atoms with Crippen LogP contribution in [0.4, 0.5) is 16.7 Å². The zero-order valence-electron chi connectivity index (χ0n) is 16.3. The lowest BCUT2D eigenvalue weighted by Crippen LogP contribution is -2.46. The van der Waals surface area contributed by atoms with Gasteiger partial charge in [-0.1, -0.05) is 0 Å². The minimum absolute atomic E-state index is 0.0625. The van der Waals surface area contributed by atoms with Crippen molar-refractivity contribution >= 4 is 26.7 Å². The minimum Gasteiger partial charge on any atom is -0.374 e. The number of urea groups is 1. The Kier molecular flexibility index (Phi) is 10.6. The van der Waals surface area contributed by atoms with E-state index in [9.17, 15) is 4.79 Å². The van der Waals surface area contributed by atoms with Crippen molar-refractivity contribution in [3.05, 3.63) is 5.82 Å². The maximum Gasteiger partial charge on any atom is 0.500 e. The molecule has 6 N–H and O–H groups in total. The van der Waals surface area contributed by atoms with E-state index in [-0.39, 0.29) is 17.9 Å². The lowest BCUT2D eigenvalue weighted by Gasteiger charge is -2.28. The zero-order valence-corrected chi connectivity index (χ0v) is 17.3. The van der Waals surface area contributed by atoms with Crippen LogP contribution >= 0.6 is 0 Å². The molecule has 12 heteroatoms. The summed E-state index contributed by atoms with van der Waals surface area (Å²) in [6.07, 6.45) is 1.10. The summed E-state index contributed by atoms with van der Waals surface area (Å²) in [5, 5.41) is 5.52. The summed E-state index contributed by atoms with van der Waals surface area (Å²) < 4.78 is 17.3. The molecule has 0 aliphatic heterocycles. The standard InChI is InChI=1S/C15H31N7O4Si/c1-4-24-27(25-5-2,26-6-3)11-7-9-18-15(23)19-10-8-12-20-13(16)22-14(17)21-12/h4-11H2,1-3H3,(H2,18,19,23)(H4,16,17,20,21,22). The van der Waals surface area contributed by atoms with E-state index in [1.165, 1.54) is 0 Å². The van der Waals surface area contributed by atoms with E-state index in [0.717, 1.165) is 0 Å². The van der Waals surface area contributed by atoms with Crippen LogP contribution in [0.1, 0.15) is 33.0 Å². The first-order valence-electron chi connectivity index (χ1n) is 9.14. The van der Waals surface area contributed by atoms with Gasteiger partial charge in [-0.15, -0.1) is 0 Å². The number of aromatic nitrogens is 3. The van der Waals surface area contributed by atoms with Crippen LogP contribution in [0.2, 0.25) is 6.04 Å². The monoisotopic (exact) mass is 401 g/mol. The van der Waals surface area contributed by atoms with E-state index in [4.69, 9.17) is 24.7 Å². The van der Waals surface area contributed by atoms with Gasteiger partial charge in [0.1, 0.15) is 5.82 Å². The van der Waals surface area contributed by atoms with Gasteiger partial charge in [-0.3, -0.25) is 0 Å². The molecular weight excluding hydrogens is 370 g/mol. The number of carbonyl (C=O) groups is 1. The number of nitrogens with two attached hydrogens (primary N) is 2. The van der Waals surface area contributed by atoms with Gasteiger partial charge in [0.2, 0.25) is 11.9 Å². The molecule has 0 fully saturated rings. The minimum atomic E-state index is -2.67. The zero-order chi connectivity index (χ0) is 20.1. The number of nitrogens with one attached hydrogen (secondary N) is 2. The van der Waals surface area contributed by atoms with Crippen molar-refractivity contribution in [2.75, 3.05) is 44.4 Å². The number of rotatable bonds is 13. The lowest BCUT2D eigenvalue weighted by atomic mass is 10.4. The van der Waals surface area contributed by atoms with E-state index in [2.05, 4.69) is 25.6 Å². The van der Waals surface area contributed by atoms with Gasteiger partial charge in [0.15, 0.2) is 0 Å². The molecule has 0 aliphatic carbocycles. The molecule has 0 saturated carbocycles. The second kappa shape index (κ2) is 12.4. The van der Waals surface area contributed by atoms with Crippen molar-refractivity contribution in [2.24, 2.45) is 0 Å². The van der Waals surface area contributed by atoms with E-state index in [1.807, 2.05) is 20.8 Å². The maximum absolute atomic E-state index is 11.9. The van der Waals surface area contributed by atoms with Gasteiger partial charge >= 0.3 is 14.8 Å². The van der Waals surface area contributed by atoms with Gasteiger partial charge in [0, 0.05) is 45.4 Å². The first kappa shape index (κ1) is 23.0. The third-order valence-electron chi connectivity index (χ3n) is 3.39. The van der Waals surface area contributed by atoms with Crippen molar-refractivity contribution in [3.63, 3.8) is 0 Å². The molecule has 0 saturated heterocycles. The number of carbonyl (C=O) groups excluding carboxylic acids is 1. The Morgan fingerprint density at radius 2 is 1.44 bits per heavy atom. The summed E-state index contributed by atoms with van der Waals surface area (Å²) in [5.74, 6) is 0.557. The Bertz CT molecular complexity index is 542. The van der Waals surface area contributed by atoms with Gasteiger partial charge < -0.3 is 35.4 Å². The topological polar surface area (TPSA) is 160 Å². The van der Waals surface area contributed by atoms with Crippen molar-refractivity contribution in [2.45, 2.75) is 39.7 Å². The van der Waals surface area contributed by atoms with Crippen LogP contribution in [0.15, 0.2) is 0 Å². The average Bonchev–Trinajstić information content (AvgIpc) is 2.59. The fourth-order valence-corrected chi connectivity index (χ4v) is 5.04. The molecule has 0 atom stereocenters. The molecule has 1 aromatic rings. The number of amides is 2. The SMILES string of the molecule is CCO[Si](CCCNC(=O)NCCc1nc(N)nc(N)n1)(OCC)OCC. The van der Waals surface area contributed by atoms with Crippen molar-refractivity contribution in [1.29, 1.82) is 0 Å².